The number of nitrogens with one attached hydrogen (secondary N) is 1. The zero-order valence-corrected chi connectivity index (χ0v) is 13.6. The highest BCUT2D eigenvalue weighted by Gasteiger charge is 2.06. The van der Waals surface area contributed by atoms with Gasteiger partial charge in [-0.1, -0.05) is 35.9 Å². The van der Waals surface area contributed by atoms with Crippen molar-refractivity contribution in [1.29, 1.82) is 0 Å². The van der Waals surface area contributed by atoms with Crippen LogP contribution in [0.5, 0.6) is 11.5 Å². The number of hydrazone groups is 1. The zero-order chi connectivity index (χ0) is 16.7. The lowest BCUT2D eigenvalue weighted by Crippen LogP contribution is -2.25. The van der Waals surface area contributed by atoms with Crippen LogP contribution in [0.15, 0.2) is 53.6 Å². The summed E-state index contributed by atoms with van der Waals surface area (Å²) in [6, 6.07) is 14.4. The number of carbonyl (C=O) groups is 1. The molecule has 120 valence electrons. The normalized spacial score (nSPS) is 11.0. The Morgan fingerprint density at radius 3 is 2.61 bits per heavy atom. The number of methoxy groups -OCH3 is 1. The number of hydrogen-bond acceptors (Lipinski definition) is 4. The third-order valence-corrected chi connectivity index (χ3v) is 3.25. The zero-order valence-electron chi connectivity index (χ0n) is 12.9. The van der Waals surface area contributed by atoms with Gasteiger partial charge in [0.2, 0.25) is 0 Å². The standard InChI is InChI=1S/C17H17ClN2O3/c1-12(13-6-5-7-14(18)10-13)19-20-17(21)11-23-16-9-4-3-8-15(16)22-2/h3-10H,11H2,1-2H3,(H,20,21)/b19-12-. The van der Waals surface area contributed by atoms with Gasteiger partial charge in [-0.15, -0.1) is 0 Å². The van der Waals surface area contributed by atoms with Gasteiger partial charge in [-0.25, -0.2) is 5.43 Å². The number of ether oxygens (including phenoxy) is 2. The van der Waals surface area contributed by atoms with E-state index in [2.05, 4.69) is 10.5 Å². The largest absolute Gasteiger partial charge is 0.493 e. The molecule has 2 aromatic carbocycles. The van der Waals surface area contributed by atoms with Crippen LogP contribution in [0, 0.1) is 0 Å². The molecule has 0 aromatic heterocycles. The number of para-hydroxylation sites is 2. The van der Waals surface area contributed by atoms with E-state index in [0.717, 1.165) is 5.56 Å². The van der Waals surface area contributed by atoms with E-state index in [4.69, 9.17) is 21.1 Å². The van der Waals surface area contributed by atoms with Gasteiger partial charge in [0.25, 0.3) is 5.91 Å². The smallest absolute Gasteiger partial charge is 0.277 e. The van der Waals surface area contributed by atoms with Crippen LogP contribution in [0.3, 0.4) is 0 Å². The summed E-state index contributed by atoms with van der Waals surface area (Å²) in [4.78, 5) is 11.8. The highest BCUT2D eigenvalue weighted by molar-refractivity contribution is 6.31. The molecule has 5 nitrogen and oxygen atoms in total. The van der Waals surface area contributed by atoms with E-state index in [1.54, 1.807) is 44.4 Å². The summed E-state index contributed by atoms with van der Waals surface area (Å²) in [5, 5.41) is 4.65. The van der Waals surface area contributed by atoms with Crippen LogP contribution in [0.4, 0.5) is 0 Å². The van der Waals surface area contributed by atoms with E-state index in [1.165, 1.54) is 0 Å². The summed E-state index contributed by atoms with van der Waals surface area (Å²) in [6.07, 6.45) is 0. The summed E-state index contributed by atoms with van der Waals surface area (Å²) >= 11 is 5.92. The van der Waals surface area contributed by atoms with Crippen molar-refractivity contribution in [2.24, 2.45) is 5.10 Å². The van der Waals surface area contributed by atoms with Gasteiger partial charge in [0.05, 0.1) is 12.8 Å². The fourth-order valence-corrected chi connectivity index (χ4v) is 2.03. The Kier molecular flexibility index (Phi) is 6.00. The number of hydrogen-bond donors (Lipinski definition) is 1. The fraction of sp³-hybridized carbons (Fsp3) is 0.176. The van der Waals surface area contributed by atoms with Crippen LogP contribution in [0.2, 0.25) is 5.02 Å². The van der Waals surface area contributed by atoms with Gasteiger partial charge < -0.3 is 9.47 Å². The molecule has 0 radical (unpaired) electrons. The third-order valence-electron chi connectivity index (χ3n) is 3.02. The second kappa shape index (κ2) is 8.19. The summed E-state index contributed by atoms with van der Waals surface area (Å²) in [6.45, 7) is 1.62. The van der Waals surface area contributed by atoms with E-state index in [0.29, 0.717) is 22.2 Å². The lowest BCUT2D eigenvalue weighted by atomic mass is 10.1. The molecule has 0 saturated carbocycles. The molecular weight excluding hydrogens is 316 g/mol. The molecule has 0 spiro atoms. The molecule has 0 unspecified atom stereocenters. The maximum absolute atomic E-state index is 11.8. The quantitative estimate of drug-likeness (QED) is 0.652. The number of rotatable bonds is 6. The first-order valence-electron chi connectivity index (χ1n) is 6.95. The van der Waals surface area contributed by atoms with Crippen molar-refractivity contribution in [3.05, 3.63) is 59.1 Å². The topological polar surface area (TPSA) is 59.9 Å². The molecule has 23 heavy (non-hydrogen) atoms. The van der Waals surface area contributed by atoms with Crippen molar-refractivity contribution >= 4 is 23.2 Å². The molecule has 0 aliphatic rings. The van der Waals surface area contributed by atoms with Gasteiger partial charge in [-0.3, -0.25) is 4.79 Å². The lowest BCUT2D eigenvalue weighted by Gasteiger charge is -2.09. The molecule has 1 amide bonds. The van der Waals surface area contributed by atoms with Crippen molar-refractivity contribution in [1.82, 2.24) is 5.43 Å². The molecule has 0 fully saturated rings. The summed E-state index contributed by atoms with van der Waals surface area (Å²) < 4.78 is 10.6. The number of halogens is 1. The SMILES string of the molecule is COc1ccccc1OCC(=O)N/N=C(/C)c1cccc(Cl)c1. The molecule has 6 heteroatoms. The number of benzene rings is 2. The summed E-state index contributed by atoms with van der Waals surface area (Å²) in [7, 11) is 1.54. The molecule has 1 N–H and O–H groups in total. The Morgan fingerprint density at radius 2 is 1.91 bits per heavy atom. The van der Waals surface area contributed by atoms with Crippen LogP contribution >= 0.6 is 11.6 Å². The second-order valence-electron chi connectivity index (χ2n) is 4.68. The Morgan fingerprint density at radius 1 is 1.17 bits per heavy atom. The Labute approximate surface area is 139 Å². The molecular formula is C17H17ClN2O3. The van der Waals surface area contributed by atoms with Gasteiger partial charge in [-0.05, 0) is 36.8 Å². The van der Waals surface area contributed by atoms with Crippen LogP contribution in [0.1, 0.15) is 12.5 Å². The molecule has 2 aromatic rings. The molecule has 0 saturated heterocycles. The van der Waals surface area contributed by atoms with Crippen molar-refractivity contribution in [2.75, 3.05) is 13.7 Å². The second-order valence-corrected chi connectivity index (χ2v) is 5.12. The molecule has 0 heterocycles. The van der Waals surface area contributed by atoms with Crippen molar-refractivity contribution in [3.8, 4) is 11.5 Å². The minimum absolute atomic E-state index is 0.160. The maximum atomic E-state index is 11.8. The minimum atomic E-state index is -0.364. The first kappa shape index (κ1) is 16.8. The predicted octanol–water partition coefficient (Wildman–Crippen LogP) is 3.27. The van der Waals surface area contributed by atoms with Crippen LogP contribution in [-0.4, -0.2) is 25.3 Å². The molecule has 0 atom stereocenters. The minimum Gasteiger partial charge on any atom is -0.493 e. The number of nitrogens with zero attached hydrogens (tertiary/aromatic N) is 1. The third kappa shape index (κ3) is 5.00. The fourth-order valence-electron chi connectivity index (χ4n) is 1.84. The highest BCUT2D eigenvalue weighted by Crippen LogP contribution is 2.25. The molecule has 0 bridgehead atoms. The first-order valence-corrected chi connectivity index (χ1v) is 7.33. The Bertz CT molecular complexity index is 716. The predicted molar refractivity (Wildman–Crippen MR) is 90.3 cm³/mol. The Hall–Kier alpha value is -2.53. The summed E-state index contributed by atoms with van der Waals surface area (Å²) in [5.74, 6) is 0.705. The van der Waals surface area contributed by atoms with Crippen molar-refractivity contribution in [2.45, 2.75) is 6.92 Å². The van der Waals surface area contributed by atoms with Crippen LogP contribution in [-0.2, 0) is 4.79 Å². The van der Waals surface area contributed by atoms with Crippen molar-refractivity contribution < 1.29 is 14.3 Å². The van der Waals surface area contributed by atoms with E-state index in [9.17, 15) is 4.79 Å². The molecule has 2 rings (SSSR count). The molecule has 0 aliphatic heterocycles. The first-order chi connectivity index (χ1) is 11.1. The van der Waals surface area contributed by atoms with Crippen molar-refractivity contribution in [3.63, 3.8) is 0 Å². The number of amides is 1. The Balaban J connectivity index is 1.91. The van der Waals surface area contributed by atoms with E-state index >= 15 is 0 Å². The van der Waals surface area contributed by atoms with Gasteiger partial charge in [-0.2, -0.15) is 5.10 Å². The van der Waals surface area contributed by atoms with Gasteiger partial charge >= 0.3 is 0 Å². The maximum Gasteiger partial charge on any atom is 0.277 e. The summed E-state index contributed by atoms with van der Waals surface area (Å²) in [5.41, 5.74) is 3.94. The van der Waals surface area contributed by atoms with Crippen LogP contribution in [0.25, 0.3) is 0 Å². The van der Waals surface area contributed by atoms with Gasteiger partial charge in [0.15, 0.2) is 18.1 Å². The van der Waals surface area contributed by atoms with E-state index in [1.807, 2.05) is 18.2 Å². The van der Waals surface area contributed by atoms with Gasteiger partial charge in [0.1, 0.15) is 0 Å². The number of carbonyl (C=O) groups excluding carboxylic acids is 1. The van der Waals surface area contributed by atoms with Crippen LogP contribution < -0.4 is 14.9 Å². The highest BCUT2D eigenvalue weighted by atomic mass is 35.5. The van der Waals surface area contributed by atoms with E-state index < -0.39 is 0 Å². The average molecular weight is 333 g/mol. The van der Waals surface area contributed by atoms with E-state index in [-0.39, 0.29) is 12.5 Å². The average Bonchev–Trinajstić information content (AvgIpc) is 2.58. The monoisotopic (exact) mass is 332 g/mol. The molecule has 0 aliphatic carbocycles. The van der Waals surface area contributed by atoms with Gasteiger partial charge in [0, 0.05) is 5.02 Å². The lowest BCUT2D eigenvalue weighted by molar-refractivity contribution is -0.123.